The number of ether oxygens (including phenoxy) is 2. The zero-order valence-corrected chi connectivity index (χ0v) is 14.4. The van der Waals surface area contributed by atoms with E-state index in [1.54, 1.807) is 12.4 Å². The molecule has 0 aliphatic carbocycles. The fourth-order valence-corrected chi connectivity index (χ4v) is 3.35. The van der Waals surface area contributed by atoms with Gasteiger partial charge >= 0.3 is 0 Å². The molecule has 25 heavy (non-hydrogen) atoms. The molecule has 9 heteroatoms. The molecule has 2 aromatic heterocycles. The molecule has 1 atom stereocenters. The molecule has 1 unspecified atom stereocenters. The largest absolute Gasteiger partial charge is 0.378 e. The molecule has 4 rings (SSSR count). The first kappa shape index (κ1) is 16.2. The lowest BCUT2D eigenvalue weighted by molar-refractivity contribution is -0.0542. The molecule has 134 valence electrons. The van der Waals surface area contributed by atoms with Crippen LogP contribution in [0.25, 0.3) is 0 Å². The first-order valence-electron chi connectivity index (χ1n) is 8.72. The maximum atomic E-state index is 5.95. The second kappa shape index (κ2) is 6.93. The lowest BCUT2D eigenvalue weighted by Gasteiger charge is -2.34. The van der Waals surface area contributed by atoms with Crippen LogP contribution in [0, 0.1) is 0 Å². The maximum Gasteiger partial charge on any atom is 0.244 e. The molecular formula is C16H23N7O2. The van der Waals surface area contributed by atoms with Crippen LogP contribution in [0.2, 0.25) is 0 Å². The molecule has 2 aliphatic rings. The van der Waals surface area contributed by atoms with Gasteiger partial charge in [0.1, 0.15) is 0 Å². The highest BCUT2D eigenvalue weighted by molar-refractivity contribution is 5.37. The summed E-state index contributed by atoms with van der Waals surface area (Å²) >= 11 is 0. The SMILES string of the molecule is CCOC1(c2nc(N3CCN(c4ncccn4)CC3)n[nH]2)CCOC1. The van der Waals surface area contributed by atoms with Crippen molar-refractivity contribution in [2.45, 2.75) is 18.9 Å². The van der Waals surface area contributed by atoms with Gasteiger partial charge in [-0.2, -0.15) is 4.98 Å². The van der Waals surface area contributed by atoms with E-state index in [1.807, 2.05) is 13.0 Å². The zero-order valence-electron chi connectivity index (χ0n) is 14.4. The van der Waals surface area contributed by atoms with E-state index in [0.717, 1.165) is 50.3 Å². The van der Waals surface area contributed by atoms with Gasteiger partial charge in [-0.3, -0.25) is 5.10 Å². The van der Waals surface area contributed by atoms with Crippen LogP contribution in [0.15, 0.2) is 18.5 Å². The maximum absolute atomic E-state index is 5.95. The lowest BCUT2D eigenvalue weighted by atomic mass is 10.0. The monoisotopic (exact) mass is 345 g/mol. The molecule has 2 aromatic rings. The van der Waals surface area contributed by atoms with Crippen LogP contribution < -0.4 is 9.80 Å². The summed E-state index contributed by atoms with van der Waals surface area (Å²) in [6, 6.07) is 1.83. The minimum absolute atomic E-state index is 0.486. The molecule has 0 aromatic carbocycles. The standard InChI is InChI=1S/C16H23N7O2/c1-2-25-16(4-11-24-12-16)13-19-15(21-20-13)23-9-7-22(8-10-23)14-17-5-3-6-18-14/h3,5-6H,2,4,7-12H2,1H3,(H,19,20,21). The van der Waals surface area contributed by atoms with Crippen molar-refractivity contribution in [3.05, 3.63) is 24.3 Å². The fourth-order valence-electron chi connectivity index (χ4n) is 3.35. The Hall–Kier alpha value is -2.26. The summed E-state index contributed by atoms with van der Waals surface area (Å²) in [7, 11) is 0. The van der Waals surface area contributed by atoms with E-state index in [-0.39, 0.29) is 0 Å². The predicted octanol–water partition coefficient (Wildman–Crippen LogP) is 0.573. The normalized spacial score (nSPS) is 24.0. The van der Waals surface area contributed by atoms with Crippen LogP contribution >= 0.6 is 0 Å². The number of nitrogens with one attached hydrogen (secondary N) is 1. The van der Waals surface area contributed by atoms with Gasteiger partial charge in [0.2, 0.25) is 11.9 Å². The Labute approximate surface area is 146 Å². The van der Waals surface area contributed by atoms with Crippen molar-refractivity contribution in [3.63, 3.8) is 0 Å². The quantitative estimate of drug-likeness (QED) is 0.841. The first-order chi connectivity index (χ1) is 12.3. The van der Waals surface area contributed by atoms with Gasteiger partial charge in [-0.15, -0.1) is 5.10 Å². The van der Waals surface area contributed by atoms with Gasteiger partial charge in [-0.1, -0.05) is 0 Å². The number of aromatic nitrogens is 5. The van der Waals surface area contributed by atoms with E-state index >= 15 is 0 Å². The van der Waals surface area contributed by atoms with Gasteiger partial charge in [-0.25, -0.2) is 9.97 Å². The molecule has 9 nitrogen and oxygen atoms in total. The Morgan fingerprint density at radius 3 is 2.52 bits per heavy atom. The molecule has 0 bridgehead atoms. The number of H-pyrrole nitrogens is 1. The molecule has 2 aliphatic heterocycles. The molecule has 0 amide bonds. The summed E-state index contributed by atoms with van der Waals surface area (Å²) in [4.78, 5) is 17.7. The van der Waals surface area contributed by atoms with Crippen molar-refractivity contribution in [1.29, 1.82) is 0 Å². The molecule has 0 saturated carbocycles. The second-order valence-corrected chi connectivity index (χ2v) is 6.24. The van der Waals surface area contributed by atoms with Crippen LogP contribution in [0.4, 0.5) is 11.9 Å². The van der Waals surface area contributed by atoms with Gasteiger partial charge in [-0.05, 0) is 13.0 Å². The van der Waals surface area contributed by atoms with Crippen molar-refractivity contribution >= 4 is 11.9 Å². The number of hydrogen-bond donors (Lipinski definition) is 1. The van der Waals surface area contributed by atoms with Crippen LogP contribution in [-0.2, 0) is 15.1 Å². The van der Waals surface area contributed by atoms with E-state index in [1.165, 1.54) is 0 Å². The number of piperazine rings is 1. The van der Waals surface area contributed by atoms with Crippen LogP contribution in [0.3, 0.4) is 0 Å². The van der Waals surface area contributed by atoms with Crippen molar-refractivity contribution < 1.29 is 9.47 Å². The Bertz CT molecular complexity index is 679. The molecule has 2 fully saturated rings. The smallest absolute Gasteiger partial charge is 0.244 e. The summed E-state index contributed by atoms with van der Waals surface area (Å²) in [6.45, 7) is 7.15. The Morgan fingerprint density at radius 1 is 1.16 bits per heavy atom. The van der Waals surface area contributed by atoms with Crippen LogP contribution in [0.5, 0.6) is 0 Å². The minimum Gasteiger partial charge on any atom is -0.378 e. The number of aromatic amines is 1. The predicted molar refractivity (Wildman–Crippen MR) is 91.6 cm³/mol. The van der Waals surface area contributed by atoms with Crippen molar-refractivity contribution in [3.8, 4) is 0 Å². The third kappa shape index (κ3) is 3.16. The highest BCUT2D eigenvalue weighted by atomic mass is 16.6. The van der Waals surface area contributed by atoms with Crippen molar-refractivity contribution in [2.24, 2.45) is 0 Å². The lowest BCUT2D eigenvalue weighted by Crippen LogP contribution is -2.47. The van der Waals surface area contributed by atoms with E-state index in [4.69, 9.17) is 14.5 Å². The van der Waals surface area contributed by atoms with Gasteiger partial charge in [0.05, 0.1) is 13.2 Å². The average Bonchev–Trinajstić information content (AvgIpc) is 3.33. The van der Waals surface area contributed by atoms with Gasteiger partial charge in [0.15, 0.2) is 11.4 Å². The second-order valence-electron chi connectivity index (χ2n) is 6.24. The summed E-state index contributed by atoms with van der Waals surface area (Å²) in [6.07, 6.45) is 4.34. The molecule has 0 radical (unpaired) electrons. The summed E-state index contributed by atoms with van der Waals surface area (Å²) in [5, 5.41) is 7.48. The highest BCUT2D eigenvalue weighted by Gasteiger charge is 2.41. The van der Waals surface area contributed by atoms with Gasteiger partial charge in [0, 0.05) is 51.6 Å². The third-order valence-electron chi connectivity index (χ3n) is 4.71. The van der Waals surface area contributed by atoms with Crippen molar-refractivity contribution in [1.82, 2.24) is 25.1 Å². The zero-order chi connectivity index (χ0) is 17.1. The summed E-state index contributed by atoms with van der Waals surface area (Å²) in [5.41, 5.74) is -0.486. The molecular weight excluding hydrogens is 322 g/mol. The van der Waals surface area contributed by atoms with Crippen LogP contribution in [-0.4, -0.2) is 71.1 Å². The number of anilines is 2. The molecule has 2 saturated heterocycles. The van der Waals surface area contributed by atoms with Gasteiger partial charge in [0.25, 0.3) is 0 Å². The van der Waals surface area contributed by atoms with E-state index in [9.17, 15) is 0 Å². The number of nitrogens with zero attached hydrogens (tertiary/aromatic N) is 6. The Balaban J connectivity index is 1.43. The van der Waals surface area contributed by atoms with E-state index in [2.05, 4.69) is 30.0 Å². The molecule has 4 heterocycles. The fraction of sp³-hybridized carbons (Fsp3) is 0.625. The highest BCUT2D eigenvalue weighted by Crippen LogP contribution is 2.33. The Kier molecular flexibility index (Phi) is 4.50. The number of rotatable bonds is 5. The van der Waals surface area contributed by atoms with E-state index < -0.39 is 5.60 Å². The van der Waals surface area contributed by atoms with Crippen molar-refractivity contribution in [2.75, 3.05) is 55.8 Å². The molecule has 0 spiro atoms. The summed E-state index contributed by atoms with van der Waals surface area (Å²) < 4.78 is 11.5. The average molecular weight is 345 g/mol. The van der Waals surface area contributed by atoms with Gasteiger partial charge < -0.3 is 19.3 Å². The first-order valence-corrected chi connectivity index (χ1v) is 8.72. The van der Waals surface area contributed by atoms with Crippen LogP contribution in [0.1, 0.15) is 19.2 Å². The number of hydrogen-bond acceptors (Lipinski definition) is 8. The van der Waals surface area contributed by atoms with E-state index in [0.29, 0.717) is 19.8 Å². The third-order valence-corrected chi connectivity index (χ3v) is 4.71. The summed E-state index contributed by atoms with van der Waals surface area (Å²) in [5.74, 6) is 2.25. The molecule has 1 N–H and O–H groups in total. The minimum atomic E-state index is -0.486. The topological polar surface area (TPSA) is 92.3 Å². The Morgan fingerprint density at radius 2 is 1.88 bits per heavy atom.